The molecule has 6 heteroatoms. The summed E-state index contributed by atoms with van der Waals surface area (Å²) in [4.78, 5) is 18.5. The third-order valence-corrected chi connectivity index (χ3v) is 5.89. The Morgan fingerprint density at radius 1 is 1.03 bits per heavy atom. The topological polar surface area (TPSA) is 51.2 Å². The van der Waals surface area contributed by atoms with Crippen molar-refractivity contribution in [3.8, 4) is 17.0 Å². The van der Waals surface area contributed by atoms with Crippen molar-refractivity contribution < 1.29 is 9.53 Å². The SMILES string of the molecule is Cc1ccc(-c2nc(NC(=O)c3cccc(COc4ccc(Cl)cc4)c3)sc2C)cc1. The van der Waals surface area contributed by atoms with Crippen LogP contribution in [0.3, 0.4) is 0 Å². The van der Waals surface area contributed by atoms with Gasteiger partial charge in [-0.25, -0.2) is 4.98 Å². The molecule has 1 N–H and O–H groups in total. The summed E-state index contributed by atoms with van der Waals surface area (Å²) < 4.78 is 5.78. The number of carbonyl (C=O) groups excluding carboxylic acids is 1. The average Bonchev–Trinajstić information content (AvgIpc) is 3.14. The molecule has 4 aromatic rings. The van der Waals surface area contributed by atoms with Crippen molar-refractivity contribution in [3.63, 3.8) is 0 Å². The first-order valence-electron chi connectivity index (χ1n) is 9.81. The number of aryl methyl sites for hydroxylation is 2. The number of carbonyl (C=O) groups is 1. The number of thiazole rings is 1. The predicted molar refractivity (Wildman–Crippen MR) is 127 cm³/mol. The molecule has 0 radical (unpaired) electrons. The van der Waals surface area contributed by atoms with Crippen molar-refractivity contribution in [2.75, 3.05) is 5.32 Å². The van der Waals surface area contributed by atoms with E-state index in [2.05, 4.69) is 29.4 Å². The molecular weight excluding hydrogens is 428 g/mol. The molecule has 0 atom stereocenters. The molecule has 1 heterocycles. The lowest BCUT2D eigenvalue weighted by Gasteiger charge is -2.08. The summed E-state index contributed by atoms with van der Waals surface area (Å²) in [6, 6.07) is 22.8. The number of hydrogen-bond donors (Lipinski definition) is 1. The summed E-state index contributed by atoms with van der Waals surface area (Å²) in [6.45, 7) is 4.42. The number of ether oxygens (including phenoxy) is 1. The fraction of sp³-hybridized carbons (Fsp3) is 0.120. The number of benzene rings is 3. The van der Waals surface area contributed by atoms with Crippen LogP contribution >= 0.6 is 22.9 Å². The van der Waals surface area contributed by atoms with Gasteiger partial charge in [0, 0.05) is 21.0 Å². The molecule has 31 heavy (non-hydrogen) atoms. The molecular formula is C25H21ClN2O2S. The minimum atomic E-state index is -0.197. The average molecular weight is 449 g/mol. The van der Waals surface area contributed by atoms with Gasteiger partial charge in [0.05, 0.1) is 5.69 Å². The molecule has 0 aliphatic rings. The number of halogens is 1. The van der Waals surface area contributed by atoms with Crippen LogP contribution in [0.15, 0.2) is 72.8 Å². The Labute approximate surface area is 190 Å². The summed E-state index contributed by atoms with van der Waals surface area (Å²) in [7, 11) is 0. The van der Waals surface area contributed by atoms with Gasteiger partial charge in [-0.3, -0.25) is 10.1 Å². The number of amides is 1. The van der Waals surface area contributed by atoms with Crippen molar-refractivity contribution in [2.45, 2.75) is 20.5 Å². The van der Waals surface area contributed by atoms with Gasteiger partial charge >= 0.3 is 0 Å². The summed E-state index contributed by atoms with van der Waals surface area (Å²) in [5.41, 5.74) is 4.59. The van der Waals surface area contributed by atoms with Gasteiger partial charge in [0.25, 0.3) is 5.91 Å². The van der Waals surface area contributed by atoms with Crippen molar-refractivity contribution in [3.05, 3.63) is 99.4 Å². The Hall–Kier alpha value is -3.15. The fourth-order valence-electron chi connectivity index (χ4n) is 3.10. The molecule has 0 saturated carbocycles. The lowest BCUT2D eigenvalue weighted by atomic mass is 10.1. The lowest BCUT2D eigenvalue weighted by molar-refractivity contribution is 0.102. The molecule has 156 valence electrons. The highest BCUT2D eigenvalue weighted by Crippen LogP contribution is 2.30. The van der Waals surface area contributed by atoms with E-state index in [1.807, 2.05) is 49.4 Å². The minimum Gasteiger partial charge on any atom is -0.489 e. The quantitative estimate of drug-likeness (QED) is 0.348. The third kappa shape index (κ3) is 5.32. The second-order valence-electron chi connectivity index (χ2n) is 7.19. The zero-order valence-electron chi connectivity index (χ0n) is 17.2. The van der Waals surface area contributed by atoms with Crippen LogP contribution in [0.1, 0.15) is 26.4 Å². The van der Waals surface area contributed by atoms with Crippen molar-refractivity contribution in [1.29, 1.82) is 0 Å². The van der Waals surface area contributed by atoms with Crippen molar-refractivity contribution in [1.82, 2.24) is 4.98 Å². The van der Waals surface area contributed by atoms with Gasteiger partial charge in [-0.2, -0.15) is 0 Å². The molecule has 1 aromatic heterocycles. The molecule has 1 amide bonds. The van der Waals surface area contributed by atoms with Crippen LogP contribution in [0.2, 0.25) is 5.02 Å². The van der Waals surface area contributed by atoms with Gasteiger partial charge in [-0.1, -0.05) is 53.6 Å². The van der Waals surface area contributed by atoms with Gasteiger partial charge in [0.1, 0.15) is 12.4 Å². The lowest BCUT2D eigenvalue weighted by Crippen LogP contribution is -2.12. The smallest absolute Gasteiger partial charge is 0.257 e. The van der Waals surface area contributed by atoms with Crippen LogP contribution < -0.4 is 10.1 Å². The first-order valence-corrected chi connectivity index (χ1v) is 11.0. The monoisotopic (exact) mass is 448 g/mol. The highest BCUT2D eigenvalue weighted by atomic mass is 35.5. The fourth-order valence-corrected chi connectivity index (χ4v) is 4.06. The maximum atomic E-state index is 12.8. The van der Waals surface area contributed by atoms with E-state index in [4.69, 9.17) is 16.3 Å². The van der Waals surface area contributed by atoms with Crippen LogP contribution in [-0.2, 0) is 6.61 Å². The second kappa shape index (κ2) is 9.33. The maximum absolute atomic E-state index is 12.8. The Morgan fingerprint density at radius 2 is 1.77 bits per heavy atom. The molecule has 0 aliphatic carbocycles. The second-order valence-corrected chi connectivity index (χ2v) is 8.83. The Kier molecular flexibility index (Phi) is 6.35. The first-order chi connectivity index (χ1) is 15.0. The maximum Gasteiger partial charge on any atom is 0.257 e. The first kappa shape index (κ1) is 21.1. The summed E-state index contributed by atoms with van der Waals surface area (Å²) >= 11 is 7.37. The van der Waals surface area contributed by atoms with Gasteiger partial charge in [0.2, 0.25) is 0 Å². The summed E-state index contributed by atoms with van der Waals surface area (Å²) in [5.74, 6) is 0.527. The van der Waals surface area contributed by atoms with Crippen molar-refractivity contribution in [2.24, 2.45) is 0 Å². The third-order valence-electron chi connectivity index (χ3n) is 4.75. The van der Waals surface area contributed by atoms with Gasteiger partial charge in [-0.05, 0) is 55.8 Å². The zero-order valence-corrected chi connectivity index (χ0v) is 18.8. The molecule has 0 saturated heterocycles. The normalized spacial score (nSPS) is 10.7. The zero-order chi connectivity index (χ0) is 21.8. The summed E-state index contributed by atoms with van der Waals surface area (Å²) in [6.07, 6.45) is 0. The largest absolute Gasteiger partial charge is 0.489 e. The van der Waals surface area contributed by atoms with Gasteiger partial charge in [-0.15, -0.1) is 11.3 Å². The summed E-state index contributed by atoms with van der Waals surface area (Å²) in [5, 5.41) is 4.17. The van der Waals surface area contributed by atoms with E-state index in [0.717, 1.165) is 27.4 Å². The van der Waals surface area contributed by atoms with Crippen LogP contribution in [-0.4, -0.2) is 10.9 Å². The van der Waals surface area contributed by atoms with Crippen molar-refractivity contribution >= 4 is 34.0 Å². The van der Waals surface area contributed by atoms with Crippen LogP contribution in [0.25, 0.3) is 11.3 Å². The molecule has 0 fully saturated rings. The standard InChI is InChI=1S/C25H21ClN2O2S/c1-16-6-8-19(9-7-16)23-17(2)31-25(27-23)28-24(29)20-5-3-4-18(14-20)15-30-22-12-10-21(26)11-13-22/h3-14H,15H2,1-2H3,(H,27,28,29). The minimum absolute atomic E-state index is 0.197. The van der Waals surface area contributed by atoms with Gasteiger partial charge in [0.15, 0.2) is 5.13 Å². The molecule has 0 bridgehead atoms. The molecule has 0 aliphatic heterocycles. The Balaban J connectivity index is 1.44. The van der Waals surface area contributed by atoms with Crippen LogP contribution in [0.5, 0.6) is 5.75 Å². The van der Waals surface area contributed by atoms with Crippen LogP contribution in [0.4, 0.5) is 5.13 Å². The number of hydrogen-bond acceptors (Lipinski definition) is 4. The van der Waals surface area contributed by atoms with E-state index in [0.29, 0.717) is 22.3 Å². The number of nitrogens with zero attached hydrogens (tertiary/aromatic N) is 1. The van der Waals surface area contributed by atoms with Crippen LogP contribution in [0, 0.1) is 13.8 Å². The molecule has 4 nitrogen and oxygen atoms in total. The van der Waals surface area contributed by atoms with E-state index < -0.39 is 0 Å². The van der Waals surface area contributed by atoms with E-state index in [9.17, 15) is 4.79 Å². The van der Waals surface area contributed by atoms with E-state index >= 15 is 0 Å². The highest BCUT2D eigenvalue weighted by molar-refractivity contribution is 7.16. The molecule has 0 unspecified atom stereocenters. The van der Waals surface area contributed by atoms with E-state index in [1.165, 1.54) is 16.9 Å². The molecule has 4 rings (SSSR count). The number of nitrogens with one attached hydrogen (secondary N) is 1. The number of anilines is 1. The van der Waals surface area contributed by atoms with Gasteiger partial charge < -0.3 is 4.74 Å². The highest BCUT2D eigenvalue weighted by Gasteiger charge is 2.13. The molecule has 3 aromatic carbocycles. The Bertz CT molecular complexity index is 1200. The Morgan fingerprint density at radius 3 is 2.52 bits per heavy atom. The van der Waals surface area contributed by atoms with E-state index in [1.54, 1.807) is 18.2 Å². The molecule has 0 spiro atoms. The predicted octanol–water partition coefficient (Wildman–Crippen LogP) is 6.91. The number of rotatable bonds is 6. The van der Waals surface area contributed by atoms with E-state index in [-0.39, 0.29) is 5.91 Å². The number of aromatic nitrogens is 1.